The highest BCUT2D eigenvalue weighted by Gasteiger charge is 2.21. The maximum absolute atomic E-state index is 12.6. The van der Waals surface area contributed by atoms with Gasteiger partial charge in [-0.05, 0) is 59.6 Å². The molecule has 1 aliphatic heterocycles. The van der Waals surface area contributed by atoms with E-state index in [0.717, 1.165) is 38.2 Å². The number of nitrogens with one attached hydrogen (secondary N) is 1. The van der Waals surface area contributed by atoms with Crippen LogP contribution in [0.5, 0.6) is 0 Å². The molecule has 0 bridgehead atoms. The molecule has 1 amide bonds. The minimum atomic E-state index is -0.176. The second-order valence-corrected chi connectivity index (χ2v) is 9.64. The van der Waals surface area contributed by atoms with Crippen molar-refractivity contribution >= 4 is 11.6 Å². The lowest BCUT2D eigenvalue weighted by Gasteiger charge is -2.28. The van der Waals surface area contributed by atoms with E-state index in [9.17, 15) is 4.79 Å². The molecule has 0 fully saturated rings. The van der Waals surface area contributed by atoms with E-state index in [0.29, 0.717) is 5.56 Å². The van der Waals surface area contributed by atoms with Gasteiger partial charge in [0.25, 0.3) is 5.91 Å². The van der Waals surface area contributed by atoms with Crippen molar-refractivity contribution < 1.29 is 4.79 Å². The molecule has 0 atom stereocenters. The molecule has 3 aromatic carbocycles. The maximum Gasteiger partial charge on any atom is 0.271 e. The molecule has 0 aliphatic carbocycles. The number of rotatable bonds is 7. The lowest BCUT2D eigenvalue weighted by atomic mass is 9.80. The van der Waals surface area contributed by atoms with Crippen LogP contribution >= 0.6 is 0 Å². The van der Waals surface area contributed by atoms with Crippen LogP contribution in [0.4, 0.5) is 0 Å². The van der Waals surface area contributed by atoms with Crippen LogP contribution in [0, 0.1) is 0 Å². The first-order valence-corrected chi connectivity index (χ1v) is 11.7. The molecule has 1 aliphatic rings. The van der Waals surface area contributed by atoms with Gasteiger partial charge in [-0.2, -0.15) is 5.10 Å². The van der Waals surface area contributed by atoms with E-state index in [-0.39, 0.29) is 11.3 Å². The monoisotopic (exact) mass is 439 g/mol. The van der Waals surface area contributed by atoms with E-state index in [4.69, 9.17) is 0 Å². The van der Waals surface area contributed by atoms with E-state index < -0.39 is 0 Å². The number of carbonyl (C=O) groups excluding carboxylic acids is 1. The number of hydrazone groups is 1. The van der Waals surface area contributed by atoms with Gasteiger partial charge in [-0.3, -0.25) is 9.69 Å². The molecule has 0 spiro atoms. The van der Waals surface area contributed by atoms with Crippen LogP contribution in [0.2, 0.25) is 0 Å². The van der Waals surface area contributed by atoms with Crippen molar-refractivity contribution in [2.24, 2.45) is 5.10 Å². The highest BCUT2D eigenvalue weighted by Crippen LogP contribution is 2.27. The third-order valence-electron chi connectivity index (χ3n) is 6.43. The summed E-state index contributed by atoms with van der Waals surface area (Å²) >= 11 is 0. The smallest absolute Gasteiger partial charge is 0.271 e. The van der Waals surface area contributed by atoms with Gasteiger partial charge in [0, 0.05) is 30.9 Å². The van der Waals surface area contributed by atoms with E-state index in [2.05, 4.69) is 77.8 Å². The van der Waals surface area contributed by atoms with Crippen molar-refractivity contribution in [3.05, 3.63) is 107 Å². The lowest BCUT2D eigenvalue weighted by Crippen LogP contribution is -2.30. The van der Waals surface area contributed by atoms with E-state index in [1.54, 1.807) is 0 Å². The Morgan fingerprint density at radius 3 is 2.33 bits per heavy atom. The Morgan fingerprint density at radius 1 is 0.939 bits per heavy atom. The minimum absolute atomic E-state index is 0.0455. The van der Waals surface area contributed by atoms with Crippen LogP contribution in [0.25, 0.3) is 0 Å². The summed E-state index contributed by atoms with van der Waals surface area (Å²) in [5, 5.41) is 4.36. The Balaban J connectivity index is 1.31. The van der Waals surface area contributed by atoms with Crippen LogP contribution in [0.15, 0.2) is 84.0 Å². The van der Waals surface area contributed by atoms with Crippen LogP contribution in [0.3, 0.4) is 0 Å². The van der Waals surface area contributed by atoms with Crippen molar-refractivity contribution in [3.63, 3.8) is 0 Å². The summed E-state index contributed by atoms with van der Waals surface area (Å²) in [5.41, 5.74) is 9.57. The summed E-state index contributed by atoms with van der Waals surface area (Å²) in [5.74, 6) is -0.176. The normalized spacial score (nSPS) is 14.6. The van der Waals surface area contributed by atoms with Gasteiger partial charge in [-0.1, -0.05) is 80.6 Å². The maximum atomic E-state index is 12.6. The number of fused-ring (bicyclic) bond motifs is 1. The van der Waals surface area contributed by atoms with Gasteiger partial charge in [0.05, 0.1) is 0 Å². The number of amides is 1. The van der Waals surface area contributed by atoms with Crippen molar-refractivity contribution in [2.45, 2.75) is 52.1 Å². The van der Waals surface area contributed by atoms with Crippen molar-refractivity contribution in [3.8, 4) is 0 Å². The predicted molar refractivity (Wildman–Crippen MR) is 135 cm³/mol. The Bertz CT molecular complexity index is 1120. The molecule has 4 heteroatoms. The second kappa shape index (κ2) is 10.1. The number of benzene rings is 3. The molecule has 33 heavy (non-hydrogen) atoms. The molecule has 0 radical (unpaired) electrons. The number of hydrogen-bond acceptors (Lipinski definition) is 3. The van der Waals surface area contributed by atoms with Crippen LogP contribution in [-0.2, 0) is 24.9 Å². The van der Waals surface area contributed by atoms with Gasteiger partial charge in [-0.15, -0.1) is 0 Å². The fourth-order valence-electron chi connectivity index (χ4n) is 4.59. The summed E-state index contributed by atoms with van der Waals surface area (Å²) in [7, 11) is 0. The first-order chi connectivity index (χ1) is 15.9. The van der Waals surface area contributed by atoms with Gasteiger partial charge in [0.2, 0.25) is 0 Å². The topological polar surface area (TPSA) is 44.7 Å². The first-order valence-electron chi connectivity index (χ1n) is 11.7. The second-order valence-electron chi connectivity index (χ2n) is 9.64. The standard InChI is InChI=1S/C29H33N3O/c1-22(19-29(2,3)27-11-5-4-6-12-27)30-31-28(33)25-15-13-23(14-16-25)20-32-18-17-24-9-7-8-10-26(24)21-32/h4-16H,17-21H2,1-3H3,(H,31,33)/b30-22-. The molecule has 1 heterocycles. The zero-order valence-electron chi connectivity index (χ0n) is 19.8. The average Bonchev–Trinajstić information content (AvgIpc) is 2.83. The number of hydrogen-bond donors (Lipinski definition) is 1. The molecule has 170 valence electrons. The molecule has 0 unspecified atom stereocenters. The Hall–Kier alpha value is -3.24. The Kier molecular flexibility index (Phi) is 7.05. The van der Waals surface area contributed by atoms with Crippen molar-refractivity contribution in [1.29, 1.82) is 0 Å². The first kappa shape index (κ1) is 22.9. The fraction of sp³-hybridized carbons (Fsp3) is 0.310. The highest BCUT2D eigenvalue weighted by atomic mass is 16.2. The number of carbonyl (C=O) groups is 1. The summed E-state index contributed by atoms with van der Waals surface area (Å²) in [4.78, 5) is 15.1. The molecule has 4 nitrogen and oxygen atoms in total. The summed E-state index contributed by atoms with van der Waals surface area (Å²) in [6, 6.07) is 27.0. The molecular formula is C29H33N3O. The quantitative estimate of drug-likeness (QED) is 0.378. The fourth-order valence-corrected chi connectivity index (χ4v) is 4.59. The van der Waals surface area contributed by atoms with Crippen LogP contribution in [-0.4, -0.2) is 23.1 Å². The van der Waals surface area contributed by atoms with Crippen molar-refractivity contribution in [2.75, 3.05) is 6.54 Å². The molecular weight excluding hydrogens is 406 g/mol. The van der Waals surface area contributed by atoms with E-state index >= 15 is 0 Å². The lowest BCUT2D eigenvalue weighted by molar-refractivity contribution is 0.0954. The van der Waals surface area contributed by atoms with Gasteiger partial charge in [0.15, 0.2) is 0 Å². The largest absolute Gasteiger partial charge is 0.294 e. The van der Waals surface area contributed by atoms with Crippen LogP contribution in [0.1, 0.15) is 59.8 Å². The zero-order valence-corrected chi connectivity index (χ0v) is 19.8. The summed E-state index contributed by atoms with van der Waals surface area (Å²) < 4.78 is 0. The van der Waals surface area contributed by atoms with Gasteiger partial charge >= 0.3 is 0 Å². The molecule has 0 saturated carbocycles. The highest BCUT2D eigenvalue weighted by molar-refractivity contribution is 5.95. The predicted octanol–water partition coefficient (Wildman–Crippen LogP) is 5.72. The average molecular weight is 440 g/mol. The molecule has 0 aromatic heterocycles. The zero-order chi connectivity index (χ0) is 23.3. The van der Waals surface area contributed by atoms with E-state index in [1.165, 1.54) is 22.3 Å². The summed E-state index contributed by atoms with van der Waals surface area (Å²) in [6.07, 6.45) is 1.87. The molecule has 0 saturated heterocycles. The molecule has 4 rings (SSSR count). The minimum Gasteiger partial charge on any atom is -0.294 e. The molecule has 3 aromatic rings. The van der Waals surface area contributed by atoms with E-state index in [1.807, 2.05) is 37.3 Å². The van der Waals surface area contributed by atoms with Crippen LogP contribution < -0.4 is 5.43 Å². The summed E-state index contributed by atoms with van der Waals surface area (Å²) in [6.45, 7) is 9.29. The molecule has 1 N–H and O–H groups in total. The van der Waals surface area contributed by atoms with Gasteiger partial charge < -0.3 is 0 Å². The van der Waals surface area contributed by atoms with Gasteiger partial charge in [0.1, 0.15) is 0 Å². The number of nitrogens with zero attached hydrogens (tertiary/aromatic N) is 2. The Labute approximate surface area is 197 Å². The SMILES string of the molecule is C/C(CC(C)(C)c1ccccc1)=N/NC(=O)c1ccc(CN2CCc3ccccc3C2)cc1. The van der Waals surface area contributed by atoms with Gasteiger partial charge in [-0.25, -0.2) is 5.43 Å². The third kappa shape index (κ3) is 5.96. The van der Waals surface area contributed by atoms with Crippen molar-refractivity contribution in [1.82, 2.24) is 10.3 Å². The third-order valence-corrected chi connectivity index (χ3v) is 6.43. The Morgan fingerprint density at radius 2 is 1.61 bits per heavy atom.